The number of carbonyl (C=O) groups is 1. The van der Waals surface area contributed by atoms with Crippen molar-refractivity contribution in [2.24, 2.45) is 18.7 Å². The Morgan fingerprint density at radius 2 is 2.21 bits per heavy atom. The van der Waals surface area contributed by atoms with Crippen LogP contribution in [0.25, 0.3) is 0 Å². The largest absolute Gasteiger partial charge is 0.333 e. The van der Waals surface area contributed by atoms with Crippen molar-refractivity contribution in [1.29, 1.82) is 0 Å². The molecule has 108 valence electrons. The number of rotatable bonds is 2. The van der Waals surface area contributed by atoms with Gasteiger partial charge in [-0.1, -0.05) is 12.1 Å². The maximum absolute atomic E-state index is 12.5. The maximum Gasteiger partial charge on any atom is 0.276 e. The number of amides is 1. The van der Waals surface area contributed by atoms with Crippen LogP contribution < -0.4 is 5.73 Å². The number of carbonyl (C=O) groups excluding carboxylic acids is 1. The van der Waals surface area contributed by atoms with E-state index < -0.39 is 0 Å². The van der Waals surface area contributed by atoms with Crippen LogP contribution >= 0.6 is 12.4 Å². The van der Waals surface area contributed by atoms with Crippen LogP contribution in [0.15, 0.2) is 0 Å². The molecule has 2 heterocycles. The summed E-state index contributed by atoms with van der Waals surface area (Å²) in [4.78, 5) is 14.3. The molecule has 6 nitrogen and oxygen atoms in total. The summed E-state index contributed by atoms with van der Waals surface area (Å²) in [6, 6.07) is 0.127. The maximum atomic E-state index is 12.5. The fourth-order valence-corrected chi connectivity index (χ4v) is 2.48. The molecule has 0 spiro atoms. The Morgan fingerprint density at radius 3 is 2.74 bits per heavy atom. The molecule has 19 heavy (non-hydrogen) atoms. The van der Waals surface area contributed by atoms with Gasteiger partial charge in [-0.2, -0.15) is 0 Å². The number of piperidine rings is 1. The molecule has 1 amide bonds. The van der Waals surface area contributed by atoms with Gasteiger partial charge in [0.1, 0.15) is 0 Å². The van der Waals surface area contributed by atoms with Crippen molar-refractivity contribution in [3.05, 3.63) is 11.4 Å². The average Bonchev–Trinajstić information content (AvgIpc) is 2.69. The van der Waals surface area contributed by atoms with Gasteiger partial charge >= 0.3 is 0 Å². The lowest BCUT2D eigenvalue weighted by molar-refractivity contribution is 0.0566. The minimum Gasteiger partial charge on any atom is -0.333 e. The van der Waals surface area contributed by atoms with Gasteiger partial charge in [-0.25, -0.2) is 0 Å². The van der Waals surface area contributed by atoms with Gasteiger partial charge in [0.15, 0.2) is 5.69 Å². The van der Waals surface area contributed by atoms with Crippen molar-refractivity contribution in [2.75, 3.05) is 13.1 Å². The molecule has 2 atom stereocenters. The highest BCUT2D eigenvalue weighted by molar-refractivity contribution is 5.93. The molecule has 2 rings (SSSR count). The third-order valence-corrected chi connectivity index (χ3v) is 3.82. The minimum atomic E-state index is -0.0389. The number of aromatic nitrogens is 3. The van der Waals surface area contributed by atoms with E-state index in [1.54, 1.807) is 11.7 Å². The normalized spacial score (nSPS) is 23.1. The third kappa shape index (κ3) is 3.06. The summed E-state index contributed by atoms with van der Waals surface area (Å²) in [6.07, 6.45) is 2.00. The number of aryl methyl sites for hydroxylation is 1. The second kappa shape index (κ2) is 6.34. The summed E-state index contributed by atoms with van der Waals surface area (Å²) in [7, 11) is 1.79. The minimum absolute atomic E-state index is 0. The Hall–Kier alpha value is -1.14. The fourth-order valence-electron chi connectivity index (χ4n) is 2.48. The van der Waals surface area contributed by atoms with Crippen LogP contribution in [0.5, 0.6) is 0 Å². The topological polar surface area (TPSA) is 77.0 Å². The second-order valence-electron chi connectivity index (χ2n) is 5.16. The summed E-state index contributed by atoms with van der Waals surface area (Å²) in [5.74, 6) is 0.591. The zero-order valence-electron chi connectivity index (χ0n) is 11.7. The lowest BCUT2D eigenvalue weighted by Gasteiger charge is -2.37. The summed E-state index contributed by atoms with van der Waals surface area (Å²) in [5.41, 5.74) is 7.03. The summed E-state index contributed by atoms with van der Waals surface area (Å²) < 4.78 is 1.62. The zero-order valence-corrected chi connectivity index (χ0v) is 12.5. The highest BCUT2D eigenvalue weighted by Gasteiger charge is 2.31. The van der Waals surface area contributed by atoms with Gasteiger partial charge in [0.2, 0.25) is 0 Å². The van der Waals surface area contributed by atoms with E-state index in [0.717, 1.165) is 25.1 Å². The van der Waals surface area contributed by atoms with Crippen molar-refractivity contribution < 1.29 is 4.79 Å². The van der Waals surface area contributed by atoms with E-state index in [1.807, 2.05) is 11.8 Å². The van der Waals surface area contributed by atoms with E-state index in [1.165, 1.54) is 0 Å². The number of likely N-dealkylation sites (tertiary alicyclic amines) is 1. The predicted molar refractivity (Wildman–Crippen MR) is 75.3 cm³/mol. The van der Waals surface area contributed by atoms with E-state index in [0.29, 0.717) is 18.2 Å². The van der Waals surface area contributed by atoms with Crippen LogP contribution in [-0.2, 0) is 7.05 Å². The first-order valence-electron chi connectivity index (χ1n) is 6.42. The van der Waals surface area contributed by atoms with Crippen LogP contribution in [0.2, 0.25) is 0 Å². The molecule has 0 radical (unpaired) electrons. The molecular weight excluding hydrogens is 266 g/mol. The molecule has 1 aliphatic heterocycles. The molecule has 1 aromatic heterocycles. The summed E-state index contributed by atoms with van der Waals surface area (Å²) in [5, 5.41) is 7.84. The van der Waals surface area contributed by atoms with E-state index in [-0.39, 0.29) is 24.4 Å². The summed E-state index contributed by atoms with van der Waals surface area (Å²) >= 11 is 0. The Balaban J connectivity index is 0.00000180. The van der Waals surface area contributed by atoms with E-state index in [9.17, 15) is 4.79 Å². The van der Waals surface area contributed by atoms with E-state index in [2.05, 4.69) is 17.2 Å². The van der Waals surface area contributed by atoms with Crippen LogP contribution in [0, 0.1) is 12.8 Å². The SMILES string of the molecule is Cc1c(C(=O)N2CCC(C)CC2CN)nnn1C.Cl. The van der Waals surface area contributed by atoms with Gasteiger partial charge in [0, 0.05) is 26.2 Å². The van der Waals surface area contributed by atoms with Gasteiger partial charge in [-0.3, -0.25) is 9.48 Å². The predicted octanol–water partition coefficient (Wildman–Crippen LogP) is 0.745. The van der Waals surface area contributed by atoms with Crippen LogP contribution in [0.4, 0.5) is 0 Å². The van der Waals surface area contributed by atoms with Gasteiger partial charge in [0.25, 0.3) is 5.91 Å². The molecule has 0 aliphatic carbocycles. The molecule has 1 aromatic rings. The first-order chi connectivity index (χ1) is 8.54. The first-order valence-corrected chi connectivity index (χ1v) is 6.42. The van der Waals surface area contributed by atoms with Gasteiger partial charge in [-0.05, 0) is 25.7 Å². The van der Waals surface area contributed by atoms with Gasteiger partial charge in [0.05, 0.1) is 5.69 Å². The molecule has 0 saturated carbocycles. The average molecular weight is 288 g/mol. The van der Waals surface area contributed by atoms with E-state index in [4.69, 9.17) is 5.73 Å². The van der Waals surface area contributed by atoms with Crippen molar-refractivity contribution >= 4 is 18.3 Å². The number of halogens is 1. The standard InChI is InChI=1S/C12H21N5O.ClH/c1-8-4-5-17(10(6-8)7-13)12(18)11-9(2)16(3)15-14-11;/h8,10H,4-7,13H2,1-3H3;1H. The molecule has 0 aromatic carbocycles. The Labute approximate surface area is 119 Å². The molecule has 2 unspecified atom stereocenters. The molecular formula is C12H22ClN5O. The molecule has 1 fully saturated rings. The molecule has 2 N–H and O–H groups in total. The Kier molecular flexibility index (Phi) is 5.31. The monoisotopic (exact) mass is 287 g/mol. The second-order valence-corrected chi connectivity index (χ2v) is 5.16. The Bertz CT molecular complexity index is 447. The highest BCUT2D eigenvalue weighted by atomic mass is 35.5. The van der Waals surface area contributed by atoms with Crippen LogP contribution in [-0.4, -0.2) is 44.9 Å². The van der Waals surface area contributed by atoms with Crippen molar-refractivity contribution in [3.63, 3.8) is 0 Å². The Morgan fingerprint density at radius 1 is 1.53 bits per heavy atom. The highest BCUT2D eigenvalue weighted by Crippen LogP contribution is 2.23. The van der Waals surface area contributed by atoms with E-state index >= 15 is 0 Å². The number of nitrogens with zero attached hydrogens (tertiary/aromatic N) is 4. The molecule has 1 aliphatic rings. The summed E-state index contributed by atoms with van der Waals surface area (Å²) in [6.45, 7) is 5.34. The van der Waals surface area contributed by atoms with Gasteiger partial charge < -0.3 is 10.6 Å². The quantitative estimate of drug-likeness (QED) is 0.870. The molecule has 7 heteroatoms. The number of nitrogens with two attached hydrogens (primary N) is 1. The first kappa shape index (κ1) is 15.9. The lowest BCUT2D eigenvalue weighted by atomic mass is 9.92. The van der Waals surface area contributed by atoms with Crippen molar-refractivity contribution in [3.8, 4) is 0 Å². The van der Waals surface area contributed by atoms with Gasteiger partial charge in [-0.15, -0.1) is 17.5 Å². The molecule has 0 bridgehead atoms. The zero-order chi connectivity index (χ0) is 13.3. The van der Waals surface area contributed by atoms with Crippen LogP contribution in [0.3, 0.4) is 0 Å². The van der Waals surface area contributed by atoms with Crippen molar-refractivity contribution in [2.45, 2.75) is 32.7 Å². The smallest absolute Gasteiger partial charge is 0.276 e. The van der Waals surface area contributed by atoms with Crippen LogP contribution in [0.1, 0.15) is 35.9 Å². The number of hydrogen-bond donors (Lipinski definition) is 1. The fraction of sp³-hybridized carbons (Fsp3) is 0.750. The third-order valence-electron chi connectivity index (χ3n) is 3.82. The molecule has 1 saturated heterocycles. The lowest BCUT2D eigenvalue weighted by Crippen LogP contribution is -2.49. The number of hydrogen-bond acceptors (Lipinski definition) is 4. The van der Waals surface area contributed by atoms with Crippen molar-refractivity contribution in [1.82, 2.24) is 19.9 Å².